The van der Waals surface area contributed by atoms with Gasteiger partial charge in [-0.05, 0) is 35.2 Å². The first-order valence-corrected chi connectivity index (χ1v) is 8.55. The Balaban J connectivity index is 1.73. The molecule has 0 aromatic heterocycles. The molecule has 1 atom stereocenters. The van der Waals surface area contributed by atoms with Crippen molar-refractivity contribution in [2.75, 3.05) is 20.3 Å². The second-order valence-corrected chi connectivity index (χ2v) is 6.39. The van der Waals surface area contributed by atoms with Crippen molar-refractivity contribution in [1.29, 1.82) is 0 Å². The number of carbonyl (C=O) groups is 1. The van der Waals surface area contributed by atoms with Crippen LogP contribution in [0.3, 0.4) is 0 Å². The Kier molecular flexibility index (Phi) is 5.70. The molecule has 0 unspecified atom stereocenters. The number of carbonyl (C=O) groups excluding carboxylic acids is 1. The molecule has 0 saturated heterocycles. The van der Waals surface area contributed by atoms with Crippen LogP contribution in [0.4, 0.5) is 13.2 Å². The number of hydrogen-bond donors (Lipinski definition) is 0. The van der Waals surface area contributed by atoms with Crippen molar-refractivity contribution >= 4 is 5.97 Å². The van der Waals surface area contributed by atoms with Gasteiger partial charge in [0.05, 0.1) is 7.11 Å². The Morgan fingerprint density at radius 3 is 2.52 bits per heavy atom. The van der Waals surface area contributed by atoms with Crippen LogP contribution in [0.25, 0.3) is 0 Å². The summed E-state index contributed by atoms with van der Waals surface area (Å²) >= 11 is 0. The van der Waals surface area contributed by atoms with Gasteiger partial charge in [-0.3, -0.25) is 4.90 Å². The van der Waals surface area contributed by atoms with Crippen LogP contribution in [0.1, 0.15) is 22.7 Å². The molecule has 0 spiro atoms. The van der Waals surface area contributed by atoms with Gasteiger partial charge in [-0.1, -0.05) is 36.4 Å². The Morgan fingerprint density at radius 1 is 1.15 bits per heavy atom. The van der Waals surface area contributed by atoms with Crippen molar-refractivity contribution in [3.63, 3.8) is 0 Å². The van der Waals surface area contributed by atoms with Crippen molar-refractivity contribution in [1.82, 2.24) is 4.90 Å². The molecule has 144 valence electrons. The van der Waals surface area contributed by atoms with Crippen LogP contribution in [0, 0.1) is 0 Å². The van der Waals surface area contributed by atoms with E-state index in [4.69, 9.17) is 9.47 Å². The SMILES string of the molecule is COC(=O)[C@H]1c2ccccc2CCN1Cc1ccc(OCC(F)(F)F)cc1. The van der Waals surface area contributed by atoms with E-state index in [9.17, 15) is 18.0 Å². The molecule has 2 aromatic rings. The summed E-state index contributed by atoms with van der Waals surface area (Å²) in [7, 11) is 1.37. The van der Waals surface area contributed by atoms with Gasteiger partial charge in [-0.2, -0.15) is 13.2 Å². The smallest absolute Gasteiger partial charge is 0.422 e. The van der Waals surface area contributed by atoms with Crippen LogP contribution >= 0.6 is 0 Å². The third kappa shape index (κ3) is 4.80. The Hall–Kier alpha value is -2.54. The van der Waals surface area contributed by atoms with Gasteiger partial charge in [0.15, 0.2) is 6.61 Å². The number of hydrogen-bond acceptors (Lipinski definition) is 4. The quantitative estimate of drug-likeness (QED) is 0.739. The number of alkyl halides is 3. The highest BCUT2D eigenvalue weighted by molar-refractivity contribution is 5.78. The van der Waals surface area contributed by atoms with Crippen molar-refractivity contribution in [2.45, 2.75) is 25.2 Å². The van der Waals surface area contributed by atoms with Crippen LogP contribution < -0.4 is 4.74 Å². The lowest BCUT2D eigenvalue weighted by Gasteiger charge is -2.35. The van der Waals surface area contributed by atoms with Crippen LogP contribution in [-0.2, 0) is 22.5 Å². The lowest BCUT2D eigenvalue weighted by molar-refractivity contribution is -0.153. The highest BCUT2D eigenvalue weighted by Gasteiger charge is 2.33. The summed E-state index contributed by atoms with van der Waals surface area (Å²) in [4.78, 5) is 14.4. The summed E-state index contributed by atoms with van der Waals surface area (Å²) in [5, 5.41) is 0. The molecule has 1 aliphatic heterocycles. The number of rotatable bonds is 5. The summed E-state index contributed by atoms with van der Waals surface area (Å²) in [6.45, 7) is -0.156. The normalized spacial score (nSPS) is 17.3. The van der Waals surface area contributed by atoms with Gasteiger partial charge >= 0.3 is 12.1 Å². The first-order chi connectivity index (χ1) is 12.9. The molecule has 1 heterocycles. The van der Waals surface area contributed by atoms with E-state index in [1.54, 1.807) is 12.1 Å². The van der Waals surface area contributed by atoms with E-state index in [2.05, 4.69) is 0 Å². The van der Waals surface area contributed by atoms with Crippen molar-refractivity contribution < 1.29 is 27.4 Å². The fourth-order valence-electron chi connectivity index (χ4n) is 3.27. The molecule has 2 aromatic carbocycles. The van der Waals surface area contributed by atoms with E-state index >= 15 is 0 Å². The highest BCUT2D eigenvalue weighted by atomic mass is 19.4. The van der Waals surface area contributed by atoms with Crippen molar-refractivity contribution in [2.24, 2.45) is 0 Å². The van der Waals surface area contributed by atoms with E-state index in [1.807, 2.05) is 29.2 Å². The highest BCUT2D eigenvalue weighted by Crippen LogP contribution is 2.32. The van der Waals surface area contributed by atoms with Crippen molar-refractivity contribution in [3.8, 4) is 5.75 Å². The molecule has 0 radical (unpaired) electrons. The summed E-state index contributed by atoms with van der Waals surface area (Å²) < 4.78 is 46.4. The topological polar surface area (TPSA) is 38.8 Å². The zero-order chi connectivity index (χ0) is 19.4. The average Bonchev–Trinajstić information content (AvgIpc) is 2.66. The van der Waals surface area contributed by atoms with Gasteiger partial charge in [-0.15, -0.1) is 0 Å². The molecule has 0 aliphatic carbocycles. The van der Waals surface area contributed by atoms with E-state index in [0.717, 1.165) is 23.1 Å². The number of fused-ring (bicyclic) bond motifs is 1. The van der Waals surface area contributed by atoms with Gasteiger partial charge in [-0.25, -0.2) is 4.79 Å². The van der Waals surface area contributed by atoms with E-state index in [1.165, 1.54) is 19.2 Å². The minimum atomic E-state index is -4.37. The number of esters is 1. The predicted molar refractivity (Wildman–Crippen MR) is 93.3 cm³/mol. The number of methoxy groups -OCH3 is 1. The molecule has 4 nitrogen and oxygen atoms in total. The summed E-state index contributed by atoms with van der Waals surface area (Å²) in [5.74, 6) is -0.170. The second kappa shape index (κ2) is 8.00. The van der Waals surface area contributed by atoms with Crippen LogP contribution in [-0.4, -0.2) is 37.3 Å². The average molecular weight is 379 g/mol. The molecule has 0 saturated carbocycles. The van der Waals surface area contributed by atoms with Gasteiger partial charge < -0.3 is 9.47 Å². The van der Waals surface area contributed by atoms with E-state index in [-0.39, 0.29) is 11.7 Å². The zero-order valence-corrected chi connectivity index (χ0v) is 14.8. The molecule has 0 fully saturated rings. The Bertz CT molecular complexity index is 790. The Morgan fingerprint density at radius 2 is 1.85 bits per heavy atom. The number of benzene rings is 2. The Labute approximate surface area is 155 Å². The monoisotopic (exact) mass is 379 g/mol. The minimum absolute atomic E-state index is 0.157. The lowest BCUT2D eigenvalue weighted by Crippen LogP contribution is -2.39. The van der Waals surface area contributed by atoms with Crippen molar-refractivity contribution in [3.05, 3.63) is 65.2 Å². The molecular formula is C20H20F3NO3. The van der Waals surface area contributed by atoms with Gasteiger partial charge in [0.2, 0.25) is 0 Å². The van der Waals surface area contributed by atoms with E-state index in [0.29, 0.717) is 13.1 Å². The van der Waals surface area contributed by atoms with E-state index < -0.39 is 18.8 Å². The van der Waals surface area contributed by atoms with Crippen LogP contribution in [0.2, 0.25) is 0 Å². The molecule has 1 aliphatic rings. The third-order valence-corrected chi connectivity index (χ3v) is 4.52. The maximum absolute atomic E-state index is 12.4. The van der Waals surface area contributed by atoms with Gasteiger partial charge in [0.25, 0.3) is 0 Å². The zero-order valence-electron chi connectivity index (χ0n) is 14.8. The van der Waals surface area contributed by atoms with Crippen LogP contribution in [0.5, 0.6) is 5.75 Å². The maximum Gasteiger partial charge on any atom is 0.422 e. The molecule has 0 amide bonds. The summed E-state index contributed by atoms with van der Waals surface area (Å²) in [6, 6.07) is 13.7. The minimum Gasteiger partial charge on any atom is -0.484 e. The first-order valence-electron chi connectivity index (χ1n) is 8.55. The predicted octanol–water partition coefficient (Wildman–Crippen LogP) is 3.90. The van der Waals surface area contributed by atoms with Gasteiger partial charge in [0, 0.05) is 13.1 Å². The fraction of sp³-hybridized carbons (Fsp3) is 0.350. The largest absolute Gasteiger partial charge is 0.484 e. The summed E-state index contributed by atoms with van der Waals surface area (Å²) in [6.07, 6.45) is -3.55. The second-order valence-electron chi connectivity index (χ2n) is 6.39. The molecule has 0 N–H and O–H groups in total. The molecular weight excluding hydrogens is 359 g/mol. The number of nitrogens with zero attached hydrogens (tertiary/aromatic N) is 1. The summed E-state index contributed by atoms with van der Waals surface area (Å²) in [5.41, 5.74) is 2.93. The maximum atomic E-state index is 12.4. The molecule has 27 heavy (non-hydrogen) atoms. The first kappa shape index (κ1) is 19.2. The van der Waals surface area contributed by atoms with Gasteiger partial charge in [0.1, 0.15) is 11.8 Å². The third-order valence-electron chi connectivity index (χ3n) is 4.52. The lowest BCUT2D eigenvalue weighted by atomic mass is 9.92. The number of ether oxygens (including phenoxy) is 2. The van der Waals surface area contributed by atoms with Crippen LogP contribution in [0.15, 0.2) is 48.5 Å². The molecule has 3 rings (SSSR count). The number of halogens is 3. The molecule has 7 heteroatoms. The molecule has 0 bridgehead atoms. The standard InChI is InChI=1S/C20H20F3NO3/c1-26-19(25)18-17-5-3-2-4-15(17)10-11-24(18)12-14-6-8-16(9-7-14)27-13-20(21,22)23/h2-9,18H,10-13H2,1H3/t18-/m1/s1. The fourth-order valence-corrected chi connectivity index (χ4v) is 3.27.